The van der Waals surface area contributed by atoms with E-state index in [1.807, 2.05) is 43.3 Å². The van der Waals surface area contributed by atoms with Gasteiger partial charge in [0.2, 0.25) is 0 Å². The number of halogens is 1. The summed E-state index contributed by atoms with van der Waals surface area (Å²) >= 11 is 6.10. The molecule has 3 heterocycles. The first-order chi connectivity index (χ1) is 12.6. The maximum atomic E-state index is 13.3. The molecule has 3 aromatic heterocycles. The Morgan fingerprint density at radius 2 is 1.77 bits per heavy atom. The second-order valence-electron chi connectivity index (χ2n) is 6.24. The molecule has 0 bridgehead atoms. The first-order valence-electron chi connectivity index (χ1n) is 8.18. The molecular formula is C20H13ClN4O. The van der Waals surface area contributed by atoms with Crippen LogP contribution in [0.15, 0.2) is 65.6 Å². The zero-order valence-corrected chi connectivity index (χ0v) is 14.6. The largest absolute Gasteiger partial charge is 0.281 e. The Labute approximate surface area is 153 Å². The topological polar surface area (TPSA) is 52.2 Å². The van der Waals surface area contributed by atoms with Crippen LogP contribution in [-0.2, 0) is 0 Å². The van der Waals surface area contributed by atoms with Gasteiger partial charge in [-0.25, -0.2) is 14.6 Å². The summed E-state index contributed by atoms with van der Waals surface area (Å²) in [6.45, 7) is 2.02. The summed E-state index contributed by atoms with van der Waals surface area (Å²) in [6, 6.07) is 16.9. The molecule has 0 saturated carbocycles. The average Bonchev–Trinajstić information content (AvgIpc) is 2.98. The molecule has 2 aromatic carbocycles. The average molecular weight is 361 g/mol. The molecule has 126 valence electrons. The van der Waals surface area contributed by atoms with Gasteiger partial charge >= 0.3 is 0 Å². The highest BCUT2D eigenvalue weighted by atomic mass is 35.5. The van der Waals surface area contributed by atoms with Crippen LogP contribution in [-0.4, -0.2) is 19.2 Å². The minimum absolute atomic E-state index is 0.175. The SMILES string of the molecule is Cc1ccc(-n2c3ncccc3c3nc4ccc(Cl)cc4c(=O)n32)cc1. The molecule has 6 heteroatoms. The van der Waals surface area contributed by atoms with Gasteiger partial charge < -0.3 is 0 Å². The fourth-order valence-electron chi connectivity index (χ4n) is 3.27. The van der Waals surface area contributed by atoms with Gasteiger partial charge in [-0.2, -0.15) is 4.52 Å². The molecule has 26 heavy (non-hydrogen) atoms. The fraction of sp³-hybridized carbons (Fsp3) is 0.0500. The number of hydrogen-bond donors (Lipinski definition) is 0. The normalized spacial score (nSPS) is 11.6. The third kappa shape index (κ3) is 2.07. The number of aryl methyl sites for hydroxylation is 1. The number of benzene rings is 2. The molecule has 0 aliphatic carbocycles. The molecule has 0 spiro atoms. The van der Waals surface area contributed by atoms with Gasteiger partial charge in [-0.05, 0) is 49.4 Å². The third-order valence-electron chi connectivity index (χ3n) is 4.52. The Morgan fingerprint density at radius 1 is 0.962 bits per heavy atom. The van der Waals surface area contributed by atoms with Crippen LogP contribution in [0, 0.1) is 6.92 Å². The van der Waals surface area contributed by atoms with Crippen molar-refractivity contribution in [3.8, 4) is 5.69 Å². The number of aromatic nitrogens is 4. The third-order valence-corrected chi connectivity index (χ3v) is 4.75. The van der Waals surface area contributed by atoms with Crippen LogP contribution in [0.2, 0.25) is 5.02 Å². The van der Waals surface area contributed by atoms with Crippen LogP contribution in [0.1, 0.15) is 5.56 Å². The summed E-state index contributed by atoms with van der Waals surface area (Å²) in [7, 11) is 0. The lowest BCUT2D eigenvalue weighted by molar-refractivity contribution is 0.786. The predicted octanol–water partition coefficient (Wildman–Crippen LogP) is 4.15. The van der Waals surface area contributed by atoms with Crippen molar-refractivity contribution in [2.75, 3.05) is 0 Å². The molecule has 5 aromatic rings. The predicted molar refractivity (Wildman–Crippen MR) is 103 cm³/mol. The number of pyridine rings is 1. The minimum atomic E-state index is -0.175. The monoisotopic (exact) mass is 360 g/mol. The molecular weight excluding hydrogens is 348 g/mol. The van der Waals surface area contributed by atoms with Crippen molar-refractivity contribution < 1.29 is 0 Å². The second-order valence-corrected chi connectivity index (χ2v) is 6.67. The summed E-state index contributed by atoms with van der Waals surface area (Å²) in [6.07, 6.45) is 1.72. The highest BCUT2D eigenvalue weighted by molar-refractivity contribution is 6.31. The van der Waals surface area contributed by atoms with Crippen LogP contribution in [0.25, 0.3) is 33.3 Å². The van der Waals surface area contributed by atoms with Crippen molar-refractivity contribution in [1.29, 1.82) is 0 Å². The Kier molecular flexibility index (Phi) is 3.14. The molecule has 0 N–H and O–H groups in total. The van der Waals surface area contributed by atoms with E-state index in [0.29, 0.717) is 27.2 Å². The van der Waals surface area contributed by atoms with Crippen molar-refractivity contribution in [2.45, 2.75) is 6.92 Å². The molecule has 5 rings (SSSR count). The first kappa shape index (κ1) is 15.1. The molecule has 0 unspecified atom stereocenters. The summed E-state index contributed by atoms with van der Waals surface area (Å²) < 4.78 is 3.38. The van der Waals surface area contributed by atoms with Crippen molar-refractivity contribution >= 4 is 39.2 Å². The molecule has 0 saturated heterocycles. The minimum Gasteiger partial charge on any atom is -0.267 e. The van der Waals surface area contributed by atoms with Crippen molar-refractivity contribution in [2.24, 2.45) is 0 Å². The van der Waals surface area contributed by atoms with E-state index >= 15 is 0 Å². The zero-order chi connectivity index (χ0) is 17.8. The van der Waals surface area contributed by atoms with Gasteiger partial charge in [-0.15, -0.1) is 0 Å². The standard InChI is InChI=1S/C20H13ClN4O/c1-12-4-7-14(8-5-12)24-18-15(3-2-10-22-18)19-23-17-9-6-13(21)11-16(17)20(26)25(19)24/h2-11H,1H3. The van der Waals surface area contributed by atoms with E-state index in [0.717, 1.165) is 16.6 Å². The van der Waals surface area contributed by atoms with Gasteiger partial charge in [0.05, 0.1) is 22.0 Å². The number of fused-ring (bicyclic) bond motifs is 4. The van der Waals surface area contributed by atoms with Gasteiger partial charge in [0.25, 0.3) is 5.56 Å². The first-order valence-corrected chi connectivity index (χ1v) is 8.56. The van der Waals surface area contributed by atoms with Crippen LogP contribution < -0.4 is 5.56 Å². The van der Waals surface area contributed by atoms with E-state index in [1.54, 1.807) is 33.6 Å². The number of nitrogens with zero attached hydrogens (tertiary/aromatic N) is 4. The highest BCUT2D eigenvalue weighted by Crippen LogP contribution is 2.24. The lowest BCUT2D eigenvalue weighted by Gasteiger charge is -2.08. The Morgan fingerprint density at radius 3 is 2.58 bits per heavy atom. The summed E-state index contributed by atoms with van der Waals surface area (Å²) in [5, 5.41) is 1.81. The summed E-state index contributed by atoms with van der Waals surface area (Å²) in [4.78, 5) is 22.5. The smallest absolute Gasteiger partial charge is 0.267 e. The summed E-state index contributed by atoms with van der Waals surface area (Å²) in [5.41, 5.74) is 3.69. The van der Waals surface area contributed by atoms with E-state index < -0.39 is 0 Å². The van der Waals surface area contributed by atoms with Gasteiger partial charge in [-0.3, -0.25) is 4.79 Å². The van der Waals surface area contributed by atoms with Crippen molar-refractivity contribution in [3.05, 3.63) is 81.7 Å². The van der Waals surface area contributed by atoms with Gasteiger partial charge in [0.15, 0.2) is 11.3 Å². The molecule has 5 nitrogen and oxygen atoms in total. The maximum Gasteiger partial charge on any atom is 0.281 e. The lowest BCUT2D eigenvalue weighted by Crippen LogP contribution is -2.21. The molecule has 0 aliphatic rings. The quantitative estimate of drug-likeness (QED) is 0.451. The molecule has 0 fully saturated rings. The Hall–Kier alpha value is -3.18. The van der Waals surface area contributed by atoms with Crippen LogP contribution >= 0.6 is 11.6 Å². The van der Waals surface area contributed by atoms with Crippen LogP contribution in [0.5, 0.6) is 0 Å². The van der Waals surface area contributed by atoms with E-state index in [1.165, 1.54) is 0 Å². The van der Waals surface area contributed by atoms with E-state index in [4.69, 9.17) is 16.6 Å². The van der Waals surface area contributed by atoms with Crippen molar-refractivity contribution in [3.63, 3.8) is 0 Å². The summed E-state index contributed by atoms with van der Waals surface area (Å²) in [5.74, 6) is 0. The van der Waals surface area contributed by atoms with E-state index in [2.05, 4.69) is 4.98 Å². The molecule has 0 aliphatic heterocycles. The van der Waals surface area contributed by atoms with Gasteiger partial charge in [-0.1, -0.05) is 29.3 Å². The lowest BCUT2D eigenvalue weighted by atomic mass is 10.2. The van der Waals surface area contributed by atoms with Gasteiger partial charge in [0, 0.05) is 11.2 Å². The molecule has 0 amide bonds. The Bertz CT molecular complexity index is 1370. The van der Waals surface area contributed by atoms with E-state index in [-0.39, 0.29) is 5.56 Å². The second kappa shape index (κ2) is 5.41. The van der Waals surface area contributed by atoms with Crippen molar-refractivity contribution in [1.82, 2.24) is 19.2 Å². The fourth-order valence-corrected chi connectivity index (χ4v) is 3.44. The van der Waals surface area contributed by atoms with Crippen LogP contribution in [0.3, 0.4) is 0 Å². The van der Waals surface area contributed by atoms with Crippen LogP contribution in [0.4, 0.5) is 0 Å². The number of rotatable bonds is 1. The molecule has 0 atom stereocenters. The van der Waals surface area contributed by atoms with E-state index in [9.17, 15) is 4.79 Å². The number of hydrogen-bond acceptors (Lipinski definition) is 3. The zero-order valence-electron chi connectivity index (χ0n) is 13.8. The highest BCUT2D eigenvalue weighted by Gasteiger charge is 2.17. The Balaban J connectivity index is 2.05. The van der Waals surface area contributed by atoms with Gasteiger partial charge in [0.1, 0.15) is 0 Å². The maximum absolute atomic E-state index is 13.3. The molecule has 0 radical (unpaired) electrons.